The van der Waals surface area contributed by atoms with Gasteiger partial charge in [0.25, 0.3) is 0 Å². The molecule has 0 aromatic heterocycles. The average Bonchev–Trinajstić information content (AvgIpc) is 3.26. The number of epoxide rings is 1. The van der Waals surface area contributed by atoms with E-state index in [1.165, 1.54) is 32.1 Å². The SMILES string of the molecule is CC(C[C@@H](O)[C@@H]1OC1(C)C)[C@@H]1CC[C@]2(C)C3=CC[C@H]4C(C)(C)[C@H](O)CC[C@]4(C)C3CC[C@@]12C. The average molecular weight is 459 g/mol. The Kier molecular flexibility index (Phi) is 5.40. The van der Waals surface area contributed by atoms with Crippen LogP contribution in [0.5, 0.6) is 0 Å². The fourth-order valence-corrected chi connectivity index (χ4v) is 10.2. The number of aliphatic hydroxyl groups excluding tert-OH is 2. The number of ether oxygens (including phenoxy) is 1. The monoisotopic (exact) mass is 458 g/mol. The lowest BCUT2D eigenvalue weighted by atomic mass is 9.41. The van der Waals surface area contributed by atoms with Crippen LogP contribution in [0.1, 0.15) is 107 Å². The van der Waals surface area contributed by atoms with Gasteiger partial charge in [0.1, 0.15) is 6.10 Å². The highest BCUT2D eigenvalue weighted by molar-refractivity contribution is 5.33. The van der Waals surface area contributed by atoms with Gasteiger partial charge in [-0.05, 0) is 111 Å². The molecule has 0 aromatic rings. The van der Waals surface area contributed by atoms with Crippen molar-refractivity contribution in [2.75, 3.05) is 0 Å². The van der Waals surface area contributed by atoms with Gasteiger partial charge in [-0.1, -0.05) is 53.2 Å². The summed E-state index contributed by atoms with van der Waals surface area (Å²) in [5.74, 6) is 2.42. The maximum atomic E-state index is 10.9. The molecule has 33 heavy (non-hydrogen) atoms. The Morgan fingerprint density at radius 3 is 2.30 bits per heavy atom. The molecule has 188 valence electrons. The minimum atomic E-state index is -0.341. The molecular formula is C30H50O3. The number of hydrogen-bond donors (Lipinski definition) is 2. The minimum absolute atomic E-state index is 0.00178. The van der Waals surface area contributed by atoms with Gasteiger partial charge in [0.2, 0.25) is 0 Å². The summed E-state index contributed by atoms with van der Waals surface area (Å²) in [6.07, 6.45) is 11.4. The Bertz CT molecular complexity index is 828. The van der Waals surface area contributed by atoms with Crippen LogP contribution in [-0.2, 0) is 4.74 Å². The summed E-state index contributed by atoms with van der Waals surface area (Å²) in [7, 11) is 0. The van der Waals surface area contributed by atoms with Crippen LogP contribution < -0.4 is 0 Å². The first-order valence-electron chi connectivity index (χ1n) is 13.9. The summed E-state index contributed by atoms with van der Waals surface area (Å²) < 4.78 is 5.76. The van der Waals surface area contributed by atoms with Crippen LogP contribution in [0.2, 0.25) is 0 Å². The summed E-state index contributed by atoms with van der Waals surface area (Å²) >= 11 is 0. The third kappa shape index (κ3) is 3.23. The van der Waals surface area contributed by atoms with Gasteiger partial charge in [-0.15, -0.1) is 0 Å². The first-order valence-corrected chi connectivity index (χ1v) is 13.9. The first-order chi connectivity index (χ1) is 15.2. The molecule has 0 spiro atoms. The van der Waals surface area contributed by atoms with Crippen molar-refractivity contribution in [3.63, 3.8) is 0 Å². The molecule has 4 aliphatic carbocycles. The van der Waals surface area contributed by atoms with E-state index >= 15 is 0 Å². The van der Waals surface area contributed by atoms with E-state index in [4.69, 9.17) is 4.74 Å². The Morgan fingerprint density at radius 1 is 1.00 bits per heavy atom. The van der Waals surface area contributed by atoms with Crippen LogP contribution in [0.25, 0.3) is 0 Å². The highest BCUT2D eigenvalue weighted by Gasteiger charge is 2.65. The van der Waals surface area contributed by atoms with Crippen molar-refractivity contribution in [1.82, 2.24) is 0 Å². The second kappa shape index (κ2) is 7.32. The van der Waals surface area contributed by atoms with E-state index in [0.717, 1.165) is 19.3 Å². The molecule has 2 unspecified atom stereocenters. The lowest BCUT2D eigenvalue weighted by molar-refractivity contribution is -0.131. The fourth-order valence-electron chi connectivity index (χ4n) is 10.2. The highest BCUT2D eigenvalue weighted by atomic mass is 16.6. The van der Waals surface area contributed by atoms with Gasteiger partial charge in [-0.2, -0.15) is 0 Å². The summed E-state index contributed by atoms with van der Waals surface area (Å²) in [6, 6.07) is 0. The number of aliphatic hydroxyl groups is 2. The second-order valence-corrected chi connectivity index (χ2v) is 14.7. The van der Waals surface area contributed by atoms with Gasteiger partial charge >= 0.3 is 0 Å². The standard InChI is InChI=1S/C30H50O3/c1-18(17-22(31)25-27(4,5)33-25)19-11-15-30(8)21-9-10-23-26(2,3)24(32)13-14-28(23,6)20(21)12-16-29(19,30)7/h9,18-20,22-25,31-32H,10-17H2,1-8H3/t18?,19-,20?,22+,23-,24+,25-,28+,29-,30+/m0/s1. The van der Waals surface area contributed by atoms with Crippen molar-refractivity contribution in [3.05, 3.63) is 11.6 Å². The molecule has 3 nitrogen and oxygen atoms in total. The molecular weight excluding hydrogens is 408 g/mol. The van der Waals surface area contributed by atoms with Crippen molar-refractivity contribution in [2.45, 2.75) is 131 Å². The molecule has 1 saturated heterocycles. The molecule has 5 rings (SSSR count). The number of allylic oxidation sites excluding steroid dienone is 2. The zero-order chi connectivity index (χ0) is 24.2. The van der Waals surface area contributed by atoms with E-state index in [1.54, 1.807) is 5.57 Å². The molecule has 3 heteroatoms. The van der Waals surface area contributed by atoms with Crippen molar-refractivity contribution in [3.8, 4) is 0 Å². The van der Waals surface area contributed by atoms with Crippen molar-refractivity contribution in [2.24, 2.45) is 45.3 Å². The zero-order valence-corrected chi connectivity index (χ0v) is 22.6. The van der Waals surface area contributed by atoms with Crippen molar-refractivity contribution >= 4 is 0 Å². The van der Waals surface area contributed by atoms with Crippen LogP contribution in [0, 0.1) is 45.3 Å². The predicted molar refractivity (Wildman–Crippen MR) is 134 cm³/mol. The van der Waals surface area contributed by atoms with Gasteiger partial charge in [-0.3, -0.25) is 0 Å². The largest absolute Gasteiger partial charge is 0.393 e. The molecule has 0 aromatic carbocycles. The molecule has 10 atom stereocenters. The van der Waals surface area contributed by atoms with E-state index in [-0.39, 0.29) is 34.7 Å². The quantitative estimate of drug-likeness (QED) is 0.372. The van der Waals surface area contributed by atoms with Crippen molar-refractivity contribution < 1.29 is 14.9 Å². The molecule has 5 aliphatic rings. The number of fused-ring (bicyclic) bond motifs is 5. The van der Waals surface area contributed by atoms with E-state index < -0.39 is 0 Å². The zero-order valence-electron chi connectivity index (χ0n) is 22.6. The molecule has 3 saturated carbocycles. The normalized spacial score (nSPS) is 51.6. The maximum absolute atomic E-state index is 10.9. The fraction of sp³-hybridized carbons (Fsp3) is 0.933. The molecule has 1 aliphatic heterocycles. The van der Waals surface area contributed by atoms with Gasteiger partial charge in [0.05, 0.1) is 17.8 Å². The Morgan fingerprint density at radius 2 is 1.67 bits per heavy atom. The van der Waals surface area contributed by atoms with Crippen molar-refractivity contribution in [1.29, 1.82) is 0 Å². The molecule has 0 bridgehead atoms. The molecule has 0 amide bonds. The van der Waals surface area contributed by atoms with Crippen LogP contribution in [0.4, 0.5) is 0 Å². The van der Waals surface area contributed by atoms with Gasteiger partial charge in [-0.25, -0.2) is 0 Å². The number of hydrogen-bond acceptors (Lipinski definition) is 3. The maximum Gasteiger partial charge on any atom is 0.113 e. The van der Waals surface area contributed by atoms with Gasteiger partial charge in [0.15, 0.2) is 0 Å². The Hall–Kier alpha value is -0.380. The molecule has 4 fully saturated rings. The highest BCUT2D eigenvalue weighted by Crippen LogP contribution is 2.73. The lowest BCUT2D eigenvalue weighted by Gasteiger charge is -2.64. The van der Waals surface area contributed by atoms with Gasteiger partial charge < -0.3 is 14.9 Å². The smallest absolute Gasteiger partial charge is 0.113 e. The summed E-state index contributed by atoms with van der Waals surface area (Å²) in [5, 5.41) is 21.7. The van der Waals surface area contributed by atoms with E-state index in [2.05, 4.69) is 61.5 Å². The third-order valence-electron chi connectivity index (χ3n) is 12.6. The van der Waals surface area contributed by atoms with Gasteiger partial charge in [0, 0.05) is 0 Å². The Balaban J connectivity index is 1.40. The summed E-state index contributed by atoms with van der Waals surface area (Å²) in [4.78, 5) is 0. The lowest BCUT2D eigenvalue weighted by Crippen LogP contribution is -2.58. The third-order valence-corrected chi connectivity index (χ3v) is 12.6. The van der Waals surface area contributed by atoms with Crippen LogP contribution in [0.15, 0.2) is 11.6 Å². The summed E-state index contributed by atoms with van der Waals surface area (Å²) in [6.45, 7) is 19.0. The topological polar surface area (TPSA) is 53.0 Å². The van der Waals surface area contributed by atoms with Crippen LogP contribution in [0.3, 0.4) is 0 Å². The molecule has 2 N–H and O–H groups in total. The number of rotatable bonds is 4. The predicted octanol–water partition coefficient (Wildman–Crippen LogP) is 6.52. The second-order valence-electron chi connectivity index (χ2n) is 14.7. The van der Waals surface area contributed by atoms with E-state index in [9.17, 15) is 10.2 Å². The van der Waals surface area contributed by atoms with E-state index in [1.807, 2.05) is 0 Å². The molecule has 0 radical (unpaired) electrons. The first kappa shape index (κ1) is 24.3. The van der Waals surface area contributed by atoms with E-state index in [0.29, 0.717) is 34.5 Å². The van der Waals surface area contributed by atoms with Crippen LogP contribution in [-0.4, -0.2) is 34.1 Å². The minimum Gasteiger partial charge on any atom is -0.393 e. The molecule has 1 heterocycles. The Labute approximate surface area is 202 Å². The summed E-state index contributed by atoms with van der Waals surface area (Å²) in [5.41, 5.74) is 2.50. The van der Waals surface area contributed by atoms with Crippen LogP contribution >= 0.6 is 0 Å².